The SMILES string of the molecule is CC1(C(N)=O)CCN(C(=O)c2cc(F)ccc2O)C1. The maximum atomic E-state index is 13.1. The minimum absolute atomic E-state index is 0.103. The van der Waals surface area contributed by atoms with E-state index < -0.39 is 23.0 Å². The van der Waals surface area contributed by atoms with Crippen molar-refractivity contribution in [1.29, 1.82) is 0 Å². The molecule has 0 spiro atoms. The number of phenols is 1. The first-order valence-corrected chi connectivity index (χ1v) is 5.91. The van der Waals surface area contributed by atoms with Gasteiger partial charge in [0.1, 0.15) is 11.6 Å². The molecular formula is C13H15FN2O3. The van der Waals surface area contributed by atoms with Crippen LogP contribution in [0.25, 0.3) is 0 Å². The minimum atomic E-state index is -0.765. The average Bonchev–Trinajstić information content (AvgIpc) is 2.76. The minimum Gasteiger partial charge on any atom is -0.507 e. The Labute approximate surface area is 109 Å². The van der Waals surface area contributed by atoms with Gasteiger partial charge in [-0.15, -0.1) is 0 Å². The highest BCUT2D eigenvalue weighted by molar-refractivity contribution is 5.97. The van der Waals surface area contributed by atoms with Gasteiger partial charge in [-0.25, -0.2) is 4.39 Å². The third-order valence-electron chi connectivity index (χ3n) is 3.54. The van der Waals surface area contributed by atoms with Crippen LogP contribution in [0.5, 0.6) is 5.75 Å². The highest BCUT2D eigenvalue weighted by atomic mass is 19.1. The zero-order valence-electron chi connectivity index (χ0n) is 10.5. The number of rotatable bonds is 2. The van der Waals surface area contributed by atoms with E-state index in [-0.39, 0.29) is 17.9 Å². The summed E-state index contributed by atoms with van der Waals surface area (Å²) in [6, 6.07) is 3.19. The Bertz CT molecular complexity index is 547. The monoisotopic (exact) mass is 266 g/mol. The van der Waals surface area contributed by atoms with Gasteiger partial charge in [-0.05, 0) is 31.5 Å². The van der Waals surface area contributed by atoms with Crippen LogP contribution in [0.2, 0.25) is 0 Å². The molecule has 0 bridgehead atoms. The molecule has 5 nitrogen and oxygen atoms in total. The van der Waals surface area contributed by atoms with Gasteiger partial charge >= 0.3 is 0 Å². The molecule has 1 atom stereocenters. The molecule has 1 fully saturated rings. The normalized spacial score (nSPS) is 22.5. The molecule has 1 aliphatic heterocycles. The number of hydrogen-bond acceptors (Lipinski definition) is 3. The third kappa shape index (κ3) is 2.38. The number of amides is 2. The smallest absolute Gasteiger partial charge is 0.257 e. The van der Waals surface area contributed by atoms with Gasteiger partial charge in [0, 0.05) is 13.1 Å². The van der Waals surface area contributed by atoms with Gasteiger partial charge < -0.3 is 15.7 Å². The lowest BCUT2D eigenvalue weighted by Crippen LogP contribution is -2.38. The lowest BCUT2D eigenvalue weighted by atomic mass is 9.89. The van der Waals surface area contributed by atoms with E-state index in [9.17, 15) is 19.1 Å². The number of carbonyl (C=O) groups excluding carboxylic acids is 2. The van der Waals surface area contributed by atoms with E-state index >= 15 is 0 Å². The zero-order chi connectivity index (χ0) is 14.2. The summed E-state index contributed by atoms with van der Waals surface area (Å²) in [5.41, 5.74) is 4.43. The van der Waals surface area contributed by atoms with E-state index in [0.29, 0.717) is 13.0 Å². The maximum Gasteiger partial charge on any atom is 0.257 e. The first-order valence-electron chi connectivity index (χ1n) is 5.91. The van der Waals surface area contributed by atoms with E-state index in [1.54, 1.807) is 6.92 Å². The van der Waals surface area contributed by atoms with E-state index in [0.717, 1.165) is 18.2 Å². The fourth-order valence-corrected chi connectivity index (χ4v) is 2.19. The lowest BCUT2D eigenvalue weighted by Gasteiger charge is -2.21. The molecule has 19 heavy (non-hydrogen) atoms. The highest BCUT2D eigenvalue weighted by Crippen LogP contribution is 2.31. The van der Waals surface area contributed by atoms with Crippen LogP contribution in [0.1, 0.15) is 23.7 Å². The number of phenolic OH excluding ortho intramolecular Hbond substituents is 1. The Morgan fingerprint density at radius 3 is 2.74 bits per heavy atom. The van der Waals surface area contributed by atoms with Crippen molar-refractivity contribution in [3.63, 3.8) is 0 Å². The van der Waals surface area contributed by atoms with Gasteiger partial charge in [0.15, 0.2) is 0 Å². The average molecular weight is 266 g/mol. The lowest BCUT2D eigenvalue weighted by molar-refractivity contribution is -0.126. The van der Waals surface area contributed by atoms with E-state index in [2.05, 4.69) is 0 Å². The fourth-order valence-electron chi connectivity index (χ4n) is 2.19. The van der Waals surface area contributed by atoms with E-state index in [1.807, 2.05) is 0 Å². The number of primary amides is 1. The van der Waals surface area contributed by atoms with Crippen LogP contribution in [-0.2, 0) is 4.79 Å². The maximum absolute atomic E-state index is 13.1. The highest BCUT2D eigenvalue weighted by Gasteiger charge is 2.41. The van der Waals surface area contributed by atoms with Crippen LogP contribution >= 0.6 is 0 Å². The third-order valence-corrected chi connectivity index (χ3v) is 3.54. The van der Waals surface area contributed by atoms with Crippen molar-refractivity contribution in [3.8, 4) is 5.75 Å². The Morgan fingerprint density at radius 1 is 1.47 bits per heavy atom. The molecular weight excluding hydrogens is 251 g/mol. The number of nitrogens with two attached hydrogens (primary N) is 1. The van der Waals surface area contributed by atoms with Gasteiger partial charge in [-0.3, -0.25) is 9.59 Å². The topological polar surface area (TPSA) is 83.6 Å². The van der Waals surface area contributed by atoms with Gasteiger partial charge in [-0.2, -0.15) is 0 Å². The first-order chi connectivity index (χ1) is 8.83. The van der Waals surface area contributed by atoms with Crippen LogP contribution < -0.4 is 5.73 Å². The molecule has 1 unspecified atom stereocenters. The van der Waals surface area contributed by atoms with Gasteiger partial charge in [0.25, 0.3) is 5.91 Å². The molecule has 1 aliphatic rings. The molecule has 3 N–H and O–H groups in total. The molecule has 1 saturated heterocycles. The summed E-state index contributed by atoms with van der Waals surface area (Å²) < 4.78 is 13.1. The van der Waals surface area contributed by atoms with Crippen molar-refractivity contribution in [3.05, 3.63) is 29.6 Å². The number of hydrogen-bond donors (Lipinski definition) is 2. The second kappa shape index (κ2) is 4.53. The quantitative estimate of drug-likeness (QED) is 0.833. The number of benzene rings is 1. The second-order valence-corrected chi connectivity index (χ2v) is 5.06. The van der Waals surface area contributed by atoms with Crippen LogP contribution in [0.4, 0.5) is 4.39 Å². The second-order valence-electron chi connectivity index (χ2n) is 5.06. The van der Waals surface area contributed by atoms with Gasteiger partial charge in [0.05, 0.1) is 11.0 Å². The molecule has 2 amide bonds. The summed E-state index contributed by atoms with van der Waals surface area (Å²) in [5, 5.41) is 9.60. The molecule has 0 saturated carbocycles. The van der Waals surface area contributed by atoms with Crippen molar-refractivity contribution >= 4 is 11.8 Å². The summed E-state index contributed by atoms with van der Waals surface area (Å²) in [6.45, 7) is 2.22. The summed E-state index contributed by atoms with van der Waals surface area (Å²) in [4.78, 5) is 24.9. The van der Waals surface area contributed by atoms with E-state index in [4.69, 9.17) is 5.73 Å². The van der Waals surface area contributed by atoms with Crippen LogP contribution in [0, 0.1) is 11.2 Å². The summed E-state index contributed by atoms with van der Waals surface area (Å²) in [7, 11) is 0. The van der Waals surface area contributed by atoms with Crippen molar-refractivity contribution in [2.45, 2.75) is 13.3 Å². The number of carbonyl (C=O) groups is 2. The standard InChI is InChI=1S/C13H15FN2O3/c1-13(12(15)19)4-5-16(7-13)11(18)9-6-8(14)2-3-10(9)17/h2-3,6,17H,4-5,7H2,1H3,(H2,15,19). The number of likely N-dealkylation sites (tertiary alicyclic amines) is 1. The van der Waals surface area contributed by atoms with Crippen LogP contribution in [-0.4, -0.2) is 34.9 Å². The predicted octanol–water partition coefficient (Wildman–Crippen LogP) is 0.869. The Kier molecular flexibility index (Phi) is 3.18. The number of aromatic hydroxyl groups is 1. The van der Waals surface area contributed by atoms with Gasteiger partial charge in [-0.1, -0.05) is 0 Å². The van der Waals surface area contributed by atoms with Crippen molar-refractivity contribution in [1.82, 2.24) is 4.90 Å². The summed E-state index contributed by atoms with van der Waals surface area (Å²) in [6.07, 6.45) is 0.462. The van der Waals surface area contributed by atoms with Crippen molar-refractivity contribution in [2.24, 2.45) is 11.1 Å². The van der Waals surface area contributed by atoms with Crippen LogP contribution in [0.15, 0.2) is 18.2 Å². The molecule has 6 heteroatoms. The van der Waals surface area contributed by atoms with E-state index in [1.165, 1.54) is 4.90 Å². The Morgan fingerprint density at radius 2 is 2.16 bits per heavy atom. The molecule has 1 aromatic carbocycles. The van der Waals surface area contributed by atoms with Crippen molar-refractivity contribution < 1.29 is 19.1 Å². The predicted molar refractivity (Wildman–Crippen MR) is 65.9 cm³/mol. The Hall–Kier alpha value is -2.11. The first kappa shape index (κ1) is 13.3. The van der Waals surface area contributed by atoms with Crippen molar-refractivity contribution in [2.75, 3.05) is 13.1 Å². The Balaban J connectivity index is 2.22. The molecule has 0 aliphatic carbocycles. The molecule has 0 radical (unpaired) electrons. The number of halogens is 1. The summed E-state index contributed by atoms with van der Waals surface area (Å²) in [5.74, 6) is -1.84. The van der Waals surface area contributed by atoms with Gasteiger partial charge in [0.2, 0.25) is 5.91 Å². The summed E-state index contributed by atoms with van der Waals surface area (Å²) >= 11 is 0. The molecule has 1 heterocycles. The molecule has 2 rings (SSSR count). The largest absolute Gasteiger partial charge is 0.507 e. The fraction of sp³-hybridized carbons (Fsp3) is 0.385. The molecule has 102 valence electrons. The number of nitrogens with zero attached hydrogens (tertiary/aromatic N) is 1. The molecule has 1 aromatic rings. The van der Waals surface area contributed by atoms with Crippen LogP contribution in [0.3, 0.4) is 0 Å². The molecule has 0 aromatic heterocycles. The zero-order valence-corrected chi connectivity index (χ0v) is 10.5.